The van der Waals surface area contributed by atoms with Gasteiger partial charge in [0.05, 0.1) is 12.2 Å². The molecule has 64 valence electrons. The molecule has 2 bridgehead atoms. The van der Waals surface area contributed by atoms with Crippen LogP contribution in [0, 0.1) is 11.3 Å². The minimum Gasteiger partial charge on any atom is -0.374 e. The molecule has 0 aromatic rings. The maximum Gasteiger partial charge on any atom is 0.0784 e. The van der Waals surface area contributed by atoms with E-state index in [2.05, 4.69) is 36.4 Å². The smallest absolute Gasteiger partial charge is 0.0784 e. The average molecular weight is 266 g/mol. The van der Waals surface area contributed by atoms with Crippen LogP contribution in [0.2, 0.25) is 0 Å². The molecule has 3 rings (SSSR count). The number of hydrogen-bond donors (Lipinski definition) is 0. The first kappa shape index (κ1) is 8.30. The van der Waals surface area contributed by atoms with E-state index in [0.717, 1.165) is 12.5 Å². The molecule has 0 N–H and O–H groups in total. The molecule has 0 spiro atoms. The fraction of sp³-hybridized carbons (Fsp3) is 1.00. The Hall–Kier alpha value is 0.690. The van der Waals surface area contributed by atoms with Gasteiger partial charge < -0.3 is 4.74 Å². The number of rotatable bonds is 2. The molecule has 0 aromatic heterocycles. The summed E-state index contributed by atoms with van der Waals surface area (Å²) in [6.07, 6.45) is 2.64. The molecule has 2 aliphatic heterocycles. The second-order valence-electron chi connectivity index (χ2n) is 4.48. The summed E-state index contributed by atoms with van der Waals surface area (Å²) in [4.78, 5) is 0. The molecule has 0 radical (unpaired) electrons. The maximum absolute atomic E-state index is 5.82. The van der Waals surface area contributed by atoms with Crippen LogP contribution in [0.15, 0.2) is 0 Å². The highest BCUT2D eigenvalue weighted by molar-refractivity contribution is 14.1. The highest BCUT2D eigenvalue weighted by Crippen LogP contribution is 2.61. The lowest BCUT2D eigenvalue weighted by atomic mass is 9.58. The molecule has 2 saturated heterocycles. The Morgan fingerprint density at radius 1 is 1.45 bits per heavy atom. The molecule has 2 heteroatoms. The largest absolute Gasteiger partial charge is 0.374 e. The highest BCUT2D eigenvalue weighted by atomic mass is 127. The van der Waals surface area contributed by atoms with Crippen LogP contribution in [0.5, 0.6) is 0 Å². The Bertz CT molecular complexity index is 170. The zero-order chi connectivity index (χ0) is 8.11. The Kier molecular flexibility index (Phi) is 1.77. The van der Waals surface area contributed by atoms with Crippen LogP contribution in [-0.2, 0) is 4.74 Å². The molecule has 11 heavy (non-hydrogen) atoms. The van der Waals surface area contributed by atoms with Crippen LogP contribution in [0.4, 0.5) is 0 Å². The zero-order valence-electron chi connectivity index (χ0n) is 7.19. The third-order valence-electron chi connectivity index (χ3n) is 3.48. The molecular weight excluding hydrogens is 251 g/mol. The van der Waals surface area contributed by atoms with Gasteiger partial charge in [-0.2, -0.15) is 0 Å². The Morgan fingerprint density at radius 2 is 2.09 bits per heavy atom. The lowest BCUT2D eigenvalue weighted by Crippen LogP contribution is -2.47. The van der Waals surface area contributed by atoms with Gasteiger partial charge in [-0.1, -0.05) is 36.4 Å². The predicted molar refractivity (Wildman–Crippen MR) is 54.1 cm³/mol. The molecule has 0 amide bonds. The fourth-order valence-electron chi connectivity index (χ4n) is 2.44. The monoisotopic (exact) mass is 266 g/mol. The number of ether oxygens (including phenoxy) is 1. The molecule has 0 atom stereocenters. The van der Waals surface area contributed by atoms with E-state index in [9.17, 15) is 0 Å². The summed E-state index contributed by atoms with van der Waals surface area (Å²) in [7, 11) is 0. The van der Waals surface area contributed by atoms with Gasteiger partial charge in [0.2, 0.25) is 0 Å². The number of fused-ring (bicyclic) bond motifs is 1. The third kappa shape index (κ3) is 0.981. The number of alkyl halides is 1. The summed E-state index contributed by atoms with van der Waals surface area (Å²) in [5, 5.41) is 0. The van der Waals surface area contributed by atoms with E-state index >= 15 is 0 Å². The van der Waals surface area contributed by atoms with Crippen LogP contribution >= 0.6 is 22.6 Å². The standard InChI is InChI=1S/C9H15IO/c1-7(2)8-3-9(4-8,5-10)11-6-8/h7H,3-6H2,1-2H3. The molecule has 3 fully saturated rings. The first-order valence-electron chi connectivity index (χ1n) is 4.32. The van der Waals surface area contributed by atoms with Crippen molar-refractivity contribution >= 4 is 22.6 Å². The van der Waals surface area contributed by atoms with Gasteiger partial charge in [-0.25, -0.2) is 0 Å². The predicted octanol–water partition coefficient (Wildman–Crippen LogP) is 2.63. The Labute approximate surface area is 82.0 Å². The van der Waals surface area contributed by atoms with E-state index in [1.165, 1.54) is 17.3 Å². The van der Waals surface area contributed by atoms with Crippen LogP contribution in [-0.4, -0.2) is 16.6 Å². The fourth-order valence-corrected chi connectivity index (χ4v) is 3.20. The third-order valence-corrected chi connectivity index (χ3v) is 4.87. The normalized spacial score (nSPS) is 48.0. The van der Waals surface area contributed by atoms with Crippen molar-refractivity contribution in [3.05, 3.63) is 0 Å². The highest BCUT2D eigenvalue weighted by Gasteiger charge is 2.62. The van der Waals surface area contributed by atoms with E-state index in [0.29, 0.717) is 11.0 Å². The van der Waals surface area contributed by atoms with Crippen LogP contribution in [0.3, 0.4) is 0 Å². The van der Waals surface area contributed by atoms with Crippen molar-refractivity contribution in [3.8, 4) is 0 Å². The first-order valence-corrected chi connectivity index (χ1v) is 5.85. The number of halogens is 1. The summed E-state index contributed by atoms with van der Waals surface area (Å²) >= 11 is 2.45. The van der Waals surface area contributed by atoms with Gasteiger partial charge in [0, 0.05) is 9.84 Å². The van der Waals surface area contributed by atoms with Gasteiger partial charge in [0.25, 0.3) is 0 Å². The Morgan fingerprint density at radius 3 is 2.36 bits per heavy atom. The second-order valence-corrected chi connectivity index (χ2v) is 5.24. The molecular formula is C9H15IO. The molecule has 0 aromatic carbocycles. The minimum atomic E-state index is 0.310. The minimum absolute atomic E-state index is 0.310. The van der Waals surface area contributed by atoms with Crippen molar-refractivity contribution in [3.63, 3.8) is 0 Å². The summed E-state index contributed by atoms with van der Waals surface area (Å²) in [6, 6.07) is 0. The first-order chi connectivity index (χ1) is 5.13. The average Bonchev–Trinajstić information content (AvgIpc) is 2.39. The molecule has 3 aliphatic rings. The molecule has 2 heterocycles. The molecule has 1 saturated carbocycles. The quantitative estimate of drug-likeness (QED) is 0.551. The summed E-state index contributed by atoms with van der Waals surface area (Å²) in [5.41, 5.74) is 0.885. The van der Waals surface area contributed by atoms with E-state index in [4.69, 9.17) is 4.74 Å². The van der Waals surface area contributed by atoms with Crippen molar-refractivity contribution in [2.24, 2.45) is 11.3 Å². The summed E-state index contributed by atoms with van der Waals surface area (Å²) < 4.78 is 7.00. The van der Waals surface area contributed by atoms with Gasteiger partial charge in [-0.3, -0.25) is 0 Å². The van der Waals surface area contributed by atoms with Crippen molar-refractivity contribution in [2.45, 2.75) is 32.3 Å². The van der Waals surface area contributed by atoms with Crippen LogP contribution in [0.25, 0.3) is 0 Å². The summed E-state index contributed by atoms with van der Waals surface area (Å²) in [5.74, 6) is 0.807. The van der Waals surface area contributed by atoms with Gasteiger partial charge in [-0.05, 0) is 18.8 Å². The van der Waals surface area contributed by atoms with Crippen molar-refractivity contribution < 1.29 is 4.74 Å². The molecule has 1 aliphatic carbocycles. The second kappa shape index (κ2) is 2.34. The van der Waals surface area contributed by atoms with Gasteiger partial charge in [-0.15, -0.1) is 0 Å². The summed E-state index contributed by atoms with van der Waals surface area (Å²) in [6.45, 7) is 5.67. The zero-order valence-corrected chi connectivity index (χ0v) is 9.35. The van der Waals surface area contributed by atoms with E-state index in [-0.39, 0.29) is 0 Å². The molecule has 1 nitrogen and oxygen atoms in total. The van der Waals surface area contributed by atoms with Gasteiger partial charge >= 0.3 is 0 Å². The topological polar surface area (TPSA) is 9.23 Å². The maximum atomic E-state index is 5.82. The van der Waals surface area contributed by atoms with E-state index in [1.807, 2.05) is 0 Å². The van der Waals surface area contributed by atoms with Crippen molar-refractivity contribution in [2.75, 3.05) is 11.0 Å². The van der Waals surface area contributed by atoms with Crippen molar-refractivity contribution in [1.82, 2.24) is 0 Å². The van der Waals surface area contributed by atoms with Crippen LogP contribution < -0.4 is 0 Å². The van der Waals surface area contributed by atoms with E-state index in [1.54, 1.807) is 0 Å². The SMILES string of the molecule is CC(C)C12COC(CI)(C1)C2. The number of hydrogen-bond acceptors (Lipinski definition) is 1. The lowest BCUT2D eigenvalue weighted by Gasteiger charge is -2.46. The van der Waals surface area contributed by atoms with Crippen molar-refractivity contribution in [1.29, 1.82) is 0 Å². The lowest BCUT2D eigenvalue weighted by molar-refractivity contribution is -0.00136. The Balaban J connectivity index is 2.08. The van der Waals surface area contributed by atoms with E-state index < -0.39 is 0 Å². The van der Waals surface area contributed by atoms with Gasteiger partial charge in [0.1, 0.15) is 0 Å². The van der Waals surface area contributed by atoms with Gasteiger partial charge in [0.15, 0.2) is 0 Å². The molecule has 0 unspecified atom stereocenters. The van der Waals surface area contributed by atoms with Crippen LogP contribution in [0.1, 0.15) is 26.7 Å².